The number of rotatable bonds is 9. The van der Waals surface area contributed by atoms with Crippen LogP contribution in [-0.4, -0.2) is 24.6 Å². The van der Waals surface area contributed by atoms with Gasteiger partial charge in [-0.25, -0.2) is 9.98 Å². The Kier molecular flexibility index (Phi) is 11.5. The Hall–Kier alpha value is -5.20. The summed E-state index contributed by atoms with van der Waals surface area (Å²) in [5.74, 6) is 1.77. The molecule has 2 N–H and O–H groups in total. The van der Waals surface area contributed by atoms with Gasteiger partial charge in [-0.3, -0.25) is 0 Å². The molecule has 1 heterocycles. The van der Waals surface area contributed by atoms with Gasteiger partial charge in [0.05, 0.1) is 16.9 Å². The molecule has 0 saturated heterocycles. The highest BCUT2D eigenvalue weighted by atomic mass is 28.4. The molecule has 1 aromatic heterocycles. The molecule has 6 heteroatoms. The Balaban J connectivity index is 1.58. The molecule has 5 nitrogen and oxygen atoms in total. The molecule has 0 aliphatic heterocycles. The molecule has 0 aliphatic carbocycles. The molecule has 0 aliphatic rings. The van der Waals surface area contributed by atoms with Crippen LogP contribution in [0.4, 0.5) is 0 Å². The molecular formula is C49H60N4OSi. The maximum absolute atomic E-state index is 6.94. The van der Waals surface area contributed by atoms with Crippen molar-refractivity contribution in [1.29, 1.82) is 0 Å². The predicted octanol–water partition coefficient (Wildman–Crippen LogP) is 13.1. The van der Waals surface area contributed by atoms with E-state index in [1.807, 2.05) is 25.1 Å². The van der Waals surface area contributed by atoms with E-state index in [1.165, 1.54) is 11.1 Å². The van der Waals surface area contributed by atoms with Gasteiger partial charge in [0.25, 0.3) is 8.32 Å². The fourth-order valence-electron chi connectivity index (χ4n) is 6.27. The molecule has 5 aromatic rings. The zero-order valence-electron chi connectivity index (χ0n) is 35.1. The number of fused-ring (bicyclic) bond motifs is 1. The lowest BCUT2D eigenvalue weighted by Gasteiger charge is -2.36. The van der Waals surface area contributed by atoms with E-state index < -0.39 is 8.32 Å². The number of amidine groups is 2. The summed E-state index contributed by atoms with van der Waals surface area (Å²) >= 11 is 0. The number of aromatic nitrogens is 1. The predicted molar refractivity (Wildman–Crippen MR) is 242 cm³/mol. The maximum Gasteiger partial charge on any atom is 0.250 e. The molecule has 286 valence electrons. The number of hydrogen-bond acceptors (Lipinski definition) is 2. The lowest BCUT2D eigenvalue weighted by Crippen LogP contribution is -2.43. The van der Waals surface area contributed by atoms with Crippen LogP contribution in [0.2, 0.25) is 18.1 Å². The van der Waals surface area contributed by atoms with Crippen LogP contribution in [0.5, 0.6) is 5.75 Å². The van der Waals surface area contributed by atoms with E-state index >= 15 is 0 Å². The first kappa shape index (κ1) is 41.0. The molecule has 55 heavy (non-hydrogen) atoms. The highest BCUT2D eigenvalue weighted by Gasteiger charge is 2.39. The standard InChI is InChI=1S/C49H60N4OSi/c1-15-18-40-41(16-2)53(42-19-17-20-43(44(40)42)54-55(13,14)49(10,11)12)39-31-25-35(26-32-39)45(50)52-46(36-23-29-38(30-24-36)48(7,8)9)51-33(3)34-21-27-37(28-22-34)47(4,5)6/h15-32H,2-3H2,1,4-14H3,(H2,50,51,52)/b18-15-. The third-order valence-electron chi connectivity index (χ3n) is 10.7. The Morgan fingerprint density at radius 1 is 0.727 bits per heavy atom. The SMILES string of the molecule is C=Cc1c(/C=C\C)c2c(O[Si](C)(C)C(C)(C)C)cccc2n1-c1ccc(C(N)=NC(=NC(=C)c2ccc(C(C)(C)C)cc2)c2ccc(C(C)(C)C)cc2)cc1. The van der Waals surface area contributed by atoms with Crippen LogP contribution in [0.25, 0.3) is 34.4 Å². The molecule has 0 amide bonds. The molecule has 0 spiro atoms. The number of benzene rings is 4. The molecule has 0 atom stereocenters. The maximum atomic E-state index is 6.94. The van der Waals surface area contributed by atoms with Gasteiger partial charge in [0, 0.05) is 27.8 Å². The molecule has 0 unspecified atom stereocenters. The van der Waals surface area contributed by atoms with Crippen LogP contribution in [0.1, 0.15) is 108 Å². The number of allylic oxidation sites excluding steroid dienone is 1. The molecule has 0 bridgehead atoms. The van der Waals surface area contributed by atoms with Crippen LogP contribution in [0.3, 0.4) is 0 Å². The zero-order valence-corrected chi connectivity index (χ0v) is 36.1. The molecule has 0 radical (unpaired) electrons. The fraction of sp³-hybridized carbons (Fsp3) is 0.306. The summed E-state index contributed by atoms with van der Waals surface area (Å²) in [4.78, 5) is 9.93. The number of aliphatic imine (C=N–C) groups is 2. The zero-order chi connectivity index (χ0) is 40.5. The second-order valence-electron chi connectivity index (χ2n) is 17.9. The van der Waals surface area contributed by atoms with Crippen LogP contribution >= 0.6 is 0 Å². The summed E-state index contributed by atoms with van der Waals surface area (Å²) in [5.41, 5.74) is 16.7. The van der Waals surface area contributed by atoms with E-state index in [2.05, 4.69) is 184 Å². The highest BCUT2D eigenvalue weighted by Crippen LogP contribution is 2.42. The normalized spacial score (nSPS) is 13.5. The lowest BCUT2D eigenvalue weighted by molar-refractivity contribution is 0.496. The average Bonchev–Trinajstić information content (AvgIpc) is 3.44. The van der Waals surface area contributed by atoms with E-state index in [9.17, 15) is 0 Å². The smallest absolute Gasteiger partial charge is 0.250 e. The number of hydrogen-bond donors (Lipinski definition) is 1. The van der Waals surface area contributed by atoms with Gasteiger partial charge in [-0.1, -0.05) is 142 Å². The molecule has 0 fully saturated rings. The Morgan fingerprint density at radius 2 is 1.25 bits per heavy atom. The molecule has 4 aromatic carbocycles. The Bertz CT molecular complexity index is 2280. The van der Waals surface area contributed by atoms with Crippen molar-refractivity contribution >= 4 is 48.7 Å². The molecular weight excluding hydrogens is 689 g/mol. The Morgan fingerprint density at radius 3 is 1.75 bits per heavy atom. The first-order chi connectivity index (χ1) is 25.7. The van der Waals surface area contributed by atoms with Crippen LogP contribution < -0.4 is 10.2 Å². The first-order valence-electron chi connectivity index (χ1n) is 19.2. The second-order valence-corrected chi connectivity index (χ2v) is 22.7. The van der Waals surface area contributed by atoms with E-state index in [0.29, 0.717) is 17.4 Å². The largest absolute Gasteiger partial charge is 0.543 e. The first-order valence-corrected chi connectivity index (χ1v) is 22.1. The van der Waals surface area contributed by atoms with Crippen molar-refractivity contribution in [2.24, 2.45) is 15.7 Å². The quantitative estimate of drug-likeness (QED) is 0.0926. The molecule has 0 saturated carbocycles. The van der Waals surface area contributed by atoms with Gasteiger partial charge < -0.3 is 14.7 Å². The highest BCUT2D eigenvalue weighted by molar-refractivity contribution is 6.74. The summed E-state index contributed by atoms with van der Waals surface area (Å²) < 4.78 is 9.19. The van der Waals surface area contributed by atoms with Crippen molar-refractivity contribution in [2.75, 3.05) is 0 Å². The van der Waals surface area contributed by atoms with Crippen LogP contribution in [-0.2, 0) is 10.8 Å². The van der Waals surface area contributed by atoms with Gasteiger partial charge in [0.2, 0.25) is 0 Å². The summed E-state index contributed by atoms with van der Waals surface area (Å²) in [6.45, 7) is 35.2. The van der Waals surface area contributed by atoms with Crippen molar-refractivity contribution in [1.82, 2.24) is 4.57 Å². The van der Waals surface area contributed by atoms with Crippen molar-refractivity contribution in [2.45, 2.75) is 98.2 Å². The minimum atomic E-state index is -2.12. The lowest BCUT2D eigenvalue weighted by atomic mass is 9.86. The van der Waals surface area contributed by atoms with Crippen molar-refractivity contribution in [3.8, 4) is 11.4 Å². The monoisotopic (exact) mass is 748 g/mol. The minimum absolute atomic E-state index is 0.0156. The van der Waals surface area contributed by atoms with Crippen molar-refractivity contribution in [3.05, 3.63) is 149 Å². The summed E-state index contributed by atoms with van der Waals surface area (Å²) in [6, 6.07) is 31.3. The minimum Gasteiger partial charge on any atom is -0.543 e. The topological polar surface area (TPSA) is 64.9 Å². The average molecular weight is 749 g/mol. The van der Waals surface area contributed by atoms with E-state index in [1.54, 1.807) is 0 Å². The van der Waals surface area contributed by atoms with Gasteiger partial charge in [-0.05, 0) is 95.1 Å². The summed E-state index contributed by atoms with van der Waals surface area (Å²) in [6.07, 6.45) is 6.14. The third kappa shape index (κ3) is 8.86. The van der Waals surface area contributed by atoms with Crippen LogP contribution in [0.15, 0.2) is 120 Å². The van der Waals surface area contributed by atoms with E-state index in [-0.39, 0.29) is 15.9 Å². The third-order valence-corrected chi connectivity index (χ3v) is 15.1. The second kappa shape index (κ2) is 15.5. The molecule has 5 rings (SSSR count). The number of nitrogens with zero attached hydrogens (tertiary/aromatic N) is 3. The van der Waals surface area contributed by atoms with E-state index in [4.69, 9.17) is 20.1 Å². The fourth-order valence-corrected chi connectivity index (χ4v) is 7.30. The van der Waals surface area contributed by atoms with Gasteiger partial charge in [0.1, 0.15) is 11.6 Å². The summed E-state index contributed by atoms with van der Waals surface area (Å²) in [5, 5.41) is 1.14. The Labute approximate surface area is 331 Å². The summed E-state index contributed by atoms with van der Waals surface area (Å²) in [7, 11) is -2.12. The van der Waals surface area contributed by atoms with E-state index in [0.717, 1.165) is 50.3 Å². The van der Waals surface area contributed by atoms with Crippen molar-refractivity contribution in [3.63, 3.8) is 0 Å². The van der Waals surface area contributed by atoms with Gasteiger partial charge >= 0.3 is 0 Å². The van der Waals surface area contributed by atoms with Crippen LogP contribution in [0, 0.1) is 0 Å². The van der Waals surface area contributed by atoms with Gasteiger partial charge in [-0.15, -0.1) is 0 Å². The van der Waals surface area contributed by atoms with Crippen molar-refractivity contribution < 1.29 is 4.43 Å². The number of nitrogens with two attached hydrogens (primary N) is 1. The van der Waals surface area contributed by atoms with Gasteiger partial charge in [-0.2, -0.15) is 0 Å². The van der Waals surface area contributed by atoms with Gasteiger partial charge in [0.15, 0.2) is 5.84 Å².